The Morgan fingerprint density at radius 3 is 2.53 bits per heavy atom. The van der Waals surface area contributed by atoms with Crippen LogP contribution in [-0.2, 0) is 0 Å². The molecular formula is C13H10Br2F2OS. The third-order valence-electron chi connectivity index (χ3n) is 2.53. The van der Waals surface area contributed by atoms with E-state index in [1.165, 1.54) is 0 Å². The van der Waals surface area contributed by atoms with Crippen LogP contribution in [0, 0.1) is 6.92 Å². The van der Waals surface area contributed by atoms with Gasteiger partial charge in [-0.25, -0.2) is 0 Å². The van der Waals surface area contributed by atoms with Crippen LogP contribution in [0.25, 0.3) is 0 Å². The number of ether oxygens (including phenoxy) is 1. The molecule has 0 saturated heterocycles. The van der Waals surface area contributed by atoms with Gasteiger partial charge >= 0.3 is 6.61 Å². The SMILES string of the molecule is Cc1sc(C(Br)c2ccccc2OC(F)F)cc1Br. The Morgan fingerprint density at radius 2 is 1.95 bits per heavy atom. The van der Waals surface area contributed by atoms with Gasteiger partial charge in [-0.3, -0.25) is 0 Å². The van der Waals surface area contributed by atoms with Gasteiger partial charge in [0.05, 0.1) is 4.83 Å². The largest absolute Gasteiger partial charge is 0.434 e. The summed E-state index contributed by atoms with van der Waals surface area (Å²) in [5.41, 5.74) is 0.691. The maximum absolute atomic E-state index is 12.4. The van der Waals surface area contributed by atoms with Gasteiger partial charge in [-0.2, -0.15) is 8.78 Å². The zero-order valence-electron chi connectivity index (χ0n) is 9.87. The van der Waals surface area contributed by atoms with E-state index in [0.717, 1.165) is 14.2 Å². The highest BCUT2D eigenvalue weighted by Crippen LogP contribution is 2.42. The highest BCUT2D eigenvalue weighted by atomic mass is 79.9. The van der Waals surface area contributed by atoms with Crippen LogP contribution in [0.5, 0.6) is 5.75 Å². The highest BCUT2D eigenvalue weighted by molar-refractivity contribution is 9.10. The number of halogens is 4. The van der Waals surface area contributed by atoms with Gasteiger partial charge in [-0.15, -0.1) is 11.3 Å². The number of hydrogen-bond acceptors (Lipinski definition) is 2. The van der Waals surface area contributed by atoms with Crippen molar-refractivity contribution in [3.63, 3.8) is 0 Å². The van der Waals surface area contributed by atoms with Crippen molar-refractivity contribution >= 4 is 43.2 Å². The Bertz CT molecular complexity index is 552. The van der Waals surface area contributed by atoms with Crippen molar-refractivity contribution in [2.24, 2.45) is 0 Å². The van der Waals surface area contributed by atoms with Gasteiger partial charge < -0.3 is 4.74 Å². The Labute approximate surface area is 130 Å². The molecule has 1 aromatic carbocycles. The van der Waals surface area contributed by atoms with Gasteiger partial charge in [0.25, 0.3) is 0 Å². The van der Waals surface area contributed by atoms with Gasteiger partial charge in [-0.1, -0.05) is 34.1 Å². The van der Waals surface area contributed by atoms with Crippen molar-refractivity contribution in [1.82, 2.24) is 0 Å². The number of alkyl halides is 3. The van der Waals surface area contributed by atoms with E-state index in [4.69, 9.17) is 0 Å². The summed E-state index contributed by atoms with van der Waals surface area (Å²) >= 11 is 8.61. The molecule has 2 rings (SSSR count). The van der Waals surface area contributed by atoms with E-state index in [0.29, 0.717) is 5.56 Å². The van der Waals surface area contributed by atoms with E-state index in [9.17, 15) is 8.78 Å². The summed E-state index contributed by atoms with van der Waals surface area (Å²) in [4.78, 5) is 2.01. The zero-order chi connectivity index (χ0) is 14.0. The third-order valence-corrected chi connectivity index (χ3v) is 6.03. The molecule has 0 radical (unpaired) electrons. The maximum atomic E-state index is 12.4. The number of benzene rings is 1. The molecule has 0 aliphatic carbocycles. The lowest BCUT2D eigenvalue weighted by atomic mass is 10.1. The average molecular weight is 412 g/mol. The van der Waals surface area contributed by atoms with Crippen LogP contribution in [0.15, 0.2) is 34.8 Å². The van der Waals surface area contributed by atoms with Crippen LogP contribution in [0.3, 0.4) is 0 Å². The van der Waals surface area contributed by atoms with Crippen molar-refractivity contribution in [3.8, 4) is 5.75 Å². The molecule has 1 aromatic heterocycles. The summed E-state index contributed by atoms with van der Waals surface area (Å²) in [5.74, 6) is 0.196. The number of hydrogen-bond donors (Lipinski definition) is 0. The molecule has 6 heteroatoms. The first-order valence-corrected chi connectivity index (χ1v) is 7.95. The minimum Gasteiger partial charge on any atom is -0.434 e. The molecule has 102 valence electrons. The normalized spacial score (nSPS) is 12.7. The van der Waals surface area contributed by atoms with Crippen molar-refractivity contribution in [2.45, 2.75) is 18.4 Å². The van der Waals surface area contributed by atoms with E-state index < -0.39 is 6.61 Å². The number of thiophene rings is 1. The first kappa shape index (κ1) is 14.9. The third kappa shape index (κ3) is 3.55. The molecule has 19 heavy (non-hydrogen) atoms. The van der Waals surface area contributed by atoms with Gasteiger partial charge in [0.2, 0.25) is 0 Å². The van der Waals surface area contributed by atoms with Gasteiger partial charge in [0, 0.05) is 19.8 Å². The molecule has 1 heterocycles. The van der Waals surface area contributed by atoms with Crippen LogP contribution in [-0.4, -0.2) is 6.61 Å². The van der Waals surface area contributed by atoms with Crippen molar-refractivity contribution in [3.05, 3.63) is 50.1 Å². The Morgan fingerprint density at radius 1 is 1.26 bits per heavy atom. The molecule has 0 N–H and O–H groups in total. The second-order valence-corrected chi connectivity index (χ2v) is 6.89. The molecular weight excluding hydrogens is 402 g/mol. The fourth-order valence-corrected chi connectivity index (χ4v) is 4.00. The van der Waals surface area contributed by atoms with Crippen LogP contribution < -0.4 is 4.74 Å². The Balaban J connectivity index is 2.35. The molecule has 0 saturated carbocycles. The van der Waals surface area contributed by atoms with Gasteiger partial charge in [0.15, 0.2) is 0 Å². The topological polar surface area (TPSA) is 9.23 Å². The summed E-state index contributed by atoms with van der Waals surface area (Å²) in [6, 6.07) is 8.79. The summed E-state index contributed by atoms with van der Waals surface area (Å²) in [7, 11) is 0. The lowest BCUT2D eigenvalue weighted by molar-refractivity contribution is -0.0503. The second-order valence-electron chi connectivity index (χ2n) is 3.83. The van der Waals surface area contributed by atoms with Gasteiger partial charge in [-0.05, 0) is 35.0 Å². The maximum Gasteiger partial charge on any atom is 0.387 e. The van der Waals surface area contributed by atoms with Crippen molar-refractivity contribution in [2.75, 3.05) is 0 Å². The zero-order valence-corrected chi connectivity index (χ0v) is 13.9. The first-order valence-electron chi connectivity index (χ1n) is 5.42. The summed E-state index contributed by atoms with van der Waals surface area (Å²) in [6.45, 7) is -0.822. The van der Waals surface area contributed by atoms with Crippen LogP contribution >= 0.6 is 43.2 Å². The molecule has 0 aliphatic heterocycles. The summed E-state index contributed by atoms with van der Waals surface area (Å²) in [5, 5.41) is 0. The molecule has 1 nitrogen and oxygen atoms in total. The fourth-order valence-electron chi connectivity index (χ4n) is 1.65. The van der Waals surface area contributed by atoms with Crippen LogP contribution in [0.4, 0.5) is 8.78 Å². The predicted molar refractivity (Wildman–Crippen MR) is 80.6 cm³/mol. The number of aryl methyl sites for hydroxylation is 1. The lowest BCUT2D eigenvalue weighted by Crippen LogP contribution is -2.05. The molecule has 0 aliphatic rings. The van der Waals surface area contributed by atoms with Crippen LogP contribution in [0.1, 0.15) is 20.1 Å². The monoisotopic (exact) mass is 410 g/mol. The lowest BCUT2D eigenvalue weighted by Gasteiger charge is -2.14. The average Bonchev–Trinajstić information content (AvgIpc) is 2.69. The Hall–Kier alpha value is -0.460. The summed E-state index contributed by atoms with van der Waals surface area (Å²) < 4.78 is 30.4. The fraction of sp³-hybridized carbons (Fsp3) is 0.231. The van der Waals surface area contributed by atoms with E-state index >= 15 is 0 Å². The standard InChI is InChI=1S/C13H10Br2F2OS/c1-7-9(14)6-11(19-7)12(15)8-4-2-3-5-10(8)18-13(16)17/h2-6,12-13H,1H3. The Kier molecular flexibility index (Phi) is 4.97. The summed E-state index contributed by atoms with van der Waals surface area (Å²) in [6.07, 6.45) is 0. The molecule has 0 fully saturated rings. The highest BCUT2D eigenvalue weighted by Gasteiger charge is 2.19. The molecule has 2 aromatic rings. The molecule has 0 bridgehead atoms. The quantitative estimate of drug-likeness (QED) is 0.568. The van der Waals surface area contributed by atoms with E-state index in [-0.39, 0.29) is 10.6 Å². The van der Waals surface area contributed by atoms with E-state index in [1.54, 1.807) is 35.6 Å². The van der Waals surface area contributed by atoms with E-state index in [2.05, 4.69) is 36.6 Å². The first-order chi connectivity index (χ1) is 8.99. The van der Waals surface area contributed by atoms with Crippen molar-refractivity contribution < 1.29 is 13.5 Å². The van der Waals surface area contributed by atoms with E-state index in [1.807, 2.05) is 13.0 Å². The van der Waals surface area contributed by atoms with Gasteiger partial charge in [0.1, 0.15) is 5.75 Å². The number of rotatable bonds is 4. The molecule has 1 atom stereocenters. The smallest absolute Gasteiger partial charge is 0.387 e. The second kappa shape index (κ2) is 6.33. The minimum atomic E-state index is -2.82. The minimum absolute atomic E-state index is 0.169. The predicted octanol–water partition coefficient (Wildman–Crippen LogP) is 5.90. The van der Waals surface area contributed by atoms with Crippen molar-refractivity contribution in [1.29, 1.82) is 0 Å². The molecule has 0 spiro atoms. The molecule has 0 amide bonds. The van der Waals surface area contributed by atoms with Crippen LogP contribution in [0.2, 0.25) is 0 Å². The molecule has 1 unspecified atom stereocenters. The number of para-hydroxylation sites is 1.